The van der Waals surface area contributed by atoms with Crippen molar-refractivity contribution in [3.63, 3.8) is 0 Å². The SMILES string of the molecule is COc1ccc(CCC(=O)Nc2ccccc2C(=O)OCC(=O)NC(=O)NCCC(C)C)cc1. The number of carbonyl (C=O) groups is 4. The highest BCUT2D eigenvalue weighted by molar-refractivity contribution is 6.02. The van der Waals surface area contributed by atoms with Crippen LogP contribution in [0, 0.1) is 5.92 Å². The van der Waals surface area contributed by atoms with Crippen molar-refractivity contribution in [3.05, 3.63) is 59.7 Å². The number of imide groups is 1. The zero-order chi connectivity index (χ0) is 24.9. The van der Waals surface area contributed by atoms with Crippen LogP contribution in [-0.2, 0) is 20.7 Å². The summed E-state index contributed by atoms with van der Waals surface area (Å²) >= 11 is 0. The van der Waals surface area contributed by atoms with Gasteiger partial charge >= 0.3 is 12.0 Å². The molecule has 0 heterocycles. The summed E-state index contributed by atoms with van der Waals surface area (Å²) in [4.78, 5) is 48.4. The van der Waals surface area contributed by atoms with Gasteiger partial charge in [0.15, 0.2) is 6.61 Å². The van der Waals surface area contributed by atoms with E-state index in [2.05, 4.69) is 16.0 Å². The number of carbonyl (C=O) groups excluding carboxylic acids is 4. The summed E-state index contributed by atoms with van der Waals surface area (Å²) in [6, 6.07) is 13.1. The van der Waals surface area contributed by atoms with Gasteiger partial charge in [-0.1, -0.05) is 38.1 Å². The van der Waals surface area contributed by atoms with Crippen molar-refractivity contribution in [3.8, 4) is 5.75 Å². The van der Waals surface area contributed by atoms with Crippen molar-refractivity contribution in [2.24, 2.45) is 5.92 Å². The number of ether oxygens (including phenoxy) is 2. The number of hydrogen-bond acceptors (Lipinski definition) is 6. The highest BCUT2D eigenvalue weighted by atomic mass is 16.5. The third-order valence-corrected chi connectivity index (χ3v) is 4.82. The molecular formula is C25H31N3O6. The van der Waals surface area contributed by atoms with Gasteiger partial charge < -0.3 is 20.1 Å². The third kappa shape index (κ3) is 9.32. The summed E-state index contributed by atoms with van der Waals surface area (Å²) in [7, 11) is 1.59. The molecule has 4 amide bonds. The minimum Gasteiger partial charge on any atom is -0.497 e. The summed E-state index contributed by atoms with van der Waals surface area (Å²) in [5.41, 5.74) is 1.36. The van der Waals surface area contributed by atoms with Crippen molar-refractivity contribution < 1.29 is 28.7 Å². The van der Waals surface area contributed by atoms with Crippen molar-refractivity contribution in [2.75, 3.05) is 25.6 Å². The normalized spacial score (nSPS) is 10.4. The predicted octanol–water partition coefficient (Wildman–Crippen LogP) is 3.30. The fraction of sp³-hybridized carbons (Fsp3) is 0.360. The Hall–Kier alpha value is -3.88. The minimum atomic E-state index is -0.790. The summed E-state index contributed by atoms with van der Waals surface area (Å²) in [6.45, 7) is 3.84. The molecule has 0 unspecified atom stereocenters. The number of methoxy groups -OCH3 is 1. The number of urea groups is 1. The van der Waals surface area contributed by atoms with Crippen LogP contribution in [-0.4, -0.2) is 44.1 Å². The van der Waals surface area contributed by atoms with E-state index in [0.29, 0.717) is 18.9 Å². The molecule has 2 rings (SSSR count). The summed E-state index contributed by atoms with van der Waals surface area (Å²) in [5.74, 6) is -0.661. The van der Waals surface area contributed by atoms with E-state index < -0.39 is 24.5 Å². The number of benzene rings is 2. The van der Waals surface area contributed by atoms with Crippen molar-refractivity contribution in [1.82, 2.24) is 10.6 Å². The largest absolute Gasteiger partial charge is 0.497 e. The zero-order valence-electron chi connectivity index (χ0n) is 19.7. The standard InChI is InChI=1S/C25H31N3O6/c1-17(2)14-15-26-25(32)28-23(30)16-34-24(31)20-6-4-5-7-21(20)27-22(29)13-10-18-8-11-19(33-3)12-9-18/h4-9,11-12,17H,10,13-16H2,1-3H3,(H,27,29)(H2,26,28,30,32). The Kier molecular flexibility index (Phi) is 10.6. The Morgan fingerprint density at radius 2 is 1.65 bits per heavy atom. The zero-order valence-corrected chi connectivity index (χ0v) is 19.7. The molecule has 182 valence electrons. The average molecular weight is 470 g/mol. The molecule has 2 aromatic carbocycles. The van der Waals surface area contributed by atoms with Crippen molar-refractivity contribution >= 4 is 29.5 Å². The molecule has 34 heavy (non-hydrogen) atoms. The number of amides is 4. The maximum absolute atomic E-state index is 12.5. The van der Waals surface area contributed by atoms with Gasteiger partial charge in [-0.05, 0) is 48.6 Å². The van der Waals surface area contributed by atoms with Crippen LogP contribution in [0.25, 0.3) is 0 Å². The van der Waals surface area contributed by atoms with E-state index in [9.17, 15) is 19.2 Å². The first kappa shape index (κ1) is 26.4. The Balaban J connectivity index is 1.83. The molecule has 0 fully saturated rings. The number of para-hydroxylation sites is 1. The average Bonchev–Trinajstić information content (AvgIpc) is 2.81. The maximum atomic E-state index is 12.5. The molecule has 0 radical (unpaired) electrons. The lowest BCUT2D eigenvalue weighted by Crippen LogP contribution is -2.42. The molecule has 9 heteroatoms. The van der Waals surface area contributed by atoms with Gasteiger partial charge in [0.2, 0.25) is 5.91 Å². The first-order valence-electron chi connectivity index (χ1n) is 11.0. The smallest absolute Gasteiger partial charge is 0.340 e. The topological polar surface area (TPSA) is 123 Å². The Bertz CT molecular complexity index is 988. The van der Waals surface area contributed by atoms with Crippen LogP contribution in [0.1, 0.15) is 42.6 Å². The van der Waals surface area contributed by atoms with Crippen LogP contribution in [0.5, 0.6) is 5.75 Å². The fourth-order valence-electron chi connectivity index (χ4n) is 2.92. The van der Waals surface area contributed by atoms with E-state index in [1.54, 1.807) is 25.3 Å². The number of esters is 1. The molecule has 0 bridgehead atoms. The van der Waals surface area contributed by atoms with Gasteiger partial charge in [0.05, 0.1) is 18.4 Å². The number of nitrogens with one attached hydrogen (secondary N) is 3. The van der Waals surface area contributed by atoms with Crippen LogP contribution in [0.4, 0.5) is 10.5 Å². The first-order valence-corrected chi connectivity index (χ1v) is 11.0. The van der Waals surface area contributed by atoms with E-state index in [-0.39, 0.29) is 23.6 Å². The number of hydrogen-bond donors (Lipinski definition) is 3. The molecule has 9 nitrogen and oxygen atoms in total. The number of anilines is 1. The molecule has 0 aromatic heterocycles. The molecule has 0 atom stereocenters. The van der Waals surface area contributed by atoms with Gasteiger partial charge in [0.1, 0.15) is 5.75 Å². The van der Waals surface area contributed by atoms with Gasteiger partial charge in [-0.3, -0.25) is 14.9 Å². The van der Waals surface area contributed by atoms with Gasteiger partial charge in [-0.15, -0.1) is 0 Å². The molecule has 0 saturated carbocycles. The maximum Gasteiger partial charge on any atom is 0.340 e. The second kappa shape index (κ2) is 13.6. The third-order valence-electron chi connectivity index (χ3n) is 4.82. The van der Waals surface area contributed by atoms with E-state index in [0.717, 1.165) is 17.7 Å². The predicted molar refractivity (Wildman–Crippen MR) is 128 cm³/mol. The molecule has 3 N–H and O–H groups in total. The molecule has 0 saturated heterocycles. The van der Waals surface area contributed by atoms with E-state index in [1.807, 2.05) is 38.1 Å². The molecule has 0 aliphatic rings. The molecule has 0 aliphatic heterocycles. The summed E-state index contributed by atoms with van der Waals surface area (Å²) < 4.78 is 10.1. The lowest BCUT2D eigenvalue weighted by Gasteiger charge is -2.11. The summed E-state index contributed by atoms with van der Waals surface area (Å²) in [6.07, 6.45) is 1.51. The van der Waals surface area contributed by atoms with Crippen LogP contribution >= 0.6 is 0 Å². The van der Waals surface area contributed by atoms with Crippen LogP contribution in [0.15, 0.2) is 48.5 Å². The first-order chi connectivity index (χ1) is 16.3. The second-order valence-electron chi connectivity index (χ2n) is 8.00. The van der Waals surface area contributed by atoms with Crippen molar-refractivity contribution in [1.29, 1.82) is 0 Å². The minimum absolute atomic E-state index is 0.106. The molecular weight excluding hydrogens is 438 g/mol. The van der Waals surface area contributed by atoms with E-state index >= 15 is 0 Å². The van der Waals surface area contributed by atoms with Crippen LogP contribution < -0.4 is 20.7 Å². The Morgan fingerprint density at radius 3 is 2.32 bits per heavy atom. The van der Waals surface area contributed by atoms with E-state index in [1.165, 1.54) is 6.07 Å². The Morgan fingerprint density at radius 1 is 0.941 bits per heavy atom. The van der Waals surface area contributed by atoms with Crippen LogP contribution in [0.2, 0.25) is 0 Å². The molecule has 2 aromatic rings. The number of aryl methyl sites for hydroxylation is 1. The quantitative estimate of drug-likeness (QED) is 0.434. The second-order valence-corrected chi connectivity index (χ2v) is 8.00. The lowest BCUT2D eigenvalue weighted by atomic mass is 10.1. The van der Waals surface area contributed by atoms with Crippen LogP contribution in [0.3, 0.4) is 0 Å². The molecule has 0 spiro atoms. The van der Waals surface area contributed by atoms with Gasteiger partial charge in [-0.25, -0.2) is 9.59 Å². The van der Waals surface area contributed by atoms with Gasteiger partial charge in [0.25, 0.3) is 5.91 Å². The molecule has 0 aliphatic carbocycles. The van der Waals surface area contributed by atoms with Gasteiger partial charge in [0, 0.05) is 13.0 Å². The monoisotopic (exact) mass is 469 g/mol. The lowest BCUT2D eigenvalue weighted by molar-refractivity contribution is -0.123. The fourth-order valence-corrected chi connectivity index (χ4v) is 2.92. The van der Waals surface area contributed by atoms with Crippen molar-refractivity contribution in [2.45, 2.75) is 33.1 Å². The highest BCUT2D eigenvalue weighted by Crippen LogP contribution is 2.17. The van der Waals surface area contributed by atoms with E-state index in [4.69, 9.17) is 9.47 Å². The number of rotatable bonds is 11. The highest BCUT2D eigenvalue weighted by Gasteiger charge is 2.17. The van der Waals surface area contributed by atoms with Gasteiger partial charge in [-0.2, -0.15) is 0 Å². The Labute approximate surface area is 199 Å². The summed E-state index contributed by atoms with van der Waals surface area (Å²) in [5, 5.41) is 7.37.